The number of aliphatic carboxylic acids is 1. The van der Waals surface area contributed by atoms with Crippen LogP contribution in [0.2, 0.25) is 0 Å². The number of carbonyl (C=O) groups excluding carboxylic acids is 1. The van der Waals surface area contributed by atoms with Gasteiger partial charge in [0.15, 0.2) is 0 Å². The van der Waals surface area contributed by atoms with E-state index in [-0.39, 0.29) is 6.03 Å². The smallest absolute Gasteiger partial charge is 0.327 e. The fourth-order valence-electron chi connectivity index (χ4n) is 2.83. The van der Waals surface area contributed by atoms with Gasteiger partial charge in [0.25, 0.3) is 0 Å². The summed E-state index contributed by atoms with van der Waals surface area (Å²) in [5, 5.41) is 15.1. The molecule has 1 aliphatic heterocycles. The van der Waals surface area contributed by atoms with Crippen LogP contribution in [0.5, 0.6) is 0 Å². The van der Waals surface area contributed by atoms with Crippen LogP contribution in [0.1, 0.15) is 31.7 Å². The first-order valence-corrected chi connectivity index (χ1v) is 7.95. The number of nitrogens with zero attached hydrogens (tertiary/aromatic N) is 2. The van der Waals surface area contributed by atoms with E-state index in [9.17, 15) is 14.7 Å². The van der Waals surface area contributed by atoms with Gasteiger partial charge in [-0.1, -0.05) is 13.8 Å². The molecule has 0 aromatic carbocycles. The highest BCUT2D eigenvalue weighted by atomic mass is 32.1. The zero-order chi connectivity index (χ0) is 15.5. The van der Waals surface area contributed by atoms with Crippen LogP contribution >= 0.6 is 11.3 Å². The summed E-state index contributed by atoms with van der Waals surface area (Å²) in [5.74, 6) is -0.935. The van der Waals surface area contributed by atoms with Crippen molar-refractivity contribution in [3.8, 4) is 0 Å². The zero-order valence-electron chi connectivity index (χ0n) is 12.3. The number of carboxylic acids is 1. The van der Waals surface area contributed by atoms with Crippen LogP contribution in [-0.2, 0) is 11.2 Å². The number of hydrogen-bond acceptors (Lipinski definition) is 4. The Morgan fingerprint density at radius 1 is 1.57 bits per heavy atom. The Labute approximate surface area is 128 Å². The number of carboxylic acid groups (broad SMARTS) is 1. The third-order valence-corrected chi connectivity index (χ3v) is 4.70. The van der Waals surface area contributed by atoms with E-state index in [1.54, 1.807) is 17.5 Å². The van der Waals surface area contributed by atoms with Crippen molar-refractivity contribution in [3.63, 3.8) is 0 Å². The van der Waals surface area contributed by atoms with Crippen molar-refractivity contribution in [3.05, 3.63) is 16.6 Å². The number of nitrogens with one attached hydrogen (secondary N) is 1. The summed E-state index contributed by atoms with van der Waals surface area (Å²) in [6.07, 6.45) is 4.04. The van der Waals surface area contributed by atoms with Crippen LogP contribution < -0.4 is 5.32 Å². The van der Waals surface area contributed by atoms with Crippen molar-refractivity contribution < 1.29 is 14.7 Å². The van der Waals surface area contributed by atoms with E-state index in [1.807, 2.05) is 19.2 Å². The van der Waals surface area contributed by atoms with Gasteiger partial charge in [0.2, 0.25) is 0 Å². The molecular weight excluding hydrogens is 290 g/mol. The van der Waals surface area contributed by atoms with Gasteiger partial charge in [-0.25, -0.2) is 14.6 Å². The van der Waals surface area contributed by atoms with E-state index in [2.05, 4.69) is 10.3 Å². The minimum Gasteiger partial charge on any atom is -0.480 e. The summed E-state index contributed by atoms with van der Waals surface area (Å²) in [7, 11) is 0. The SMILES string of the molecule is CC1(C)CCCN(C(=O)NCCc2nccs2)C1C(=O)O. The van der Waals surface area contributed by atoms with Gasteiger partial charge < -0.3 is 15.3 Å². The Morgan fingerprint density at radius 2 is 2.33 bits per heavy atom. The van der Waals surface area contributed by atoms with Gasteiger partial charge >= 0.3 is 12.0 Å². The van der Waals surface area contributed by atoms with E-state index in [4.69, 9.17) is 0 Å². The van der Waals surface area contributed by atoms with Crippen LogP contribution in [0.4, 0.5) is 4.79 Å². The Hall–Kier alpha value is -1.63. The molecule has 1 atom stereocenters. The van der Waals surface area contributed by atoms with Crippen molar-refractivity contribution >= 4 is 23.3 Å². The minimum absolute atomic E-state index is 0.299. The molecule has 0 aliphatic carbocycles. The molecule has 116 valence electrons. The Bertz CT molecular complexity index is 502. The van der Waals surface area contributed by atoms with Crippen LogP contribution in [0.3, 0.4) is 0 Å². The number of likely N-dealkylation sites (tertiary alicyclic amines) is 1. The Balaban J connectivity index is 1.94. The van der Waals surface area contributed by atoms with E-state index in [0.717, 1.165) is 17.8 Å². The Morgan fingerprint density at radius 3 is 2.95 bits per heavy atom. The van der Waals surface area contributed by atoms with Gasteiger partial charge in [-0.2, -0.15) is 0 Å². The molecule has 1 aliphatic rings. The van der Waals surface area contributed by atoms with E-state index >= 15 is 0 Å². The summed E-state index contributed by atoms with van der Waals surface area (Å²) in [6, 6.07) is -1.07. The summed E-state index contributed by atoms with van der Waals surface area (Å²) in [5.41, 5.74) is -0.406. The molecule has 1 fully saturated rings. The number of amides is 2. The molecule has 21 heavy (non-hydrogen) atoms. The van der Waals surface area contributed by atoms with E-state index < -0.39 is 17.4 Å². The van der Waals surface area contributed by atoms with Crippen molar-refractivity contribution in [2.45, 2.75) is 39.2 Å². The quantitative estimate of drug-likeness (QED) is 0.890. The summed E-state index contributed by atoms with van der Waals surface area (Å²) in [6.45, 7) is 4.76. The highest BCUT2D eigenvalue weighted by Crippen LogP contribution is 2.35. The second-order valence-electron chi connectivity index (χ2n) is 5.93. The number of thiazole rings is 1. The number of piperidine rings is 1. The molecular formula is C14H21N3O3S. The van der Waals surface area contributed by atoms with Crippen molar-refractivity contribution in [2.75, 3.05) is 13.1 Å². The van der Waals surface area contributed by atoms with Crippen molar-refractivity contribution in [1.82, 2.24) is 15.2 Å². The average Bonchev–Trinajstić information content (AvgIpc) is 2.89. The second kappa shape index (κ2) is 6.43. The lowest BCUT2D eigenvalue weighted by atomic mass is 9.76. The first kappa shape index (κ1) is 15.8. The number of carbonyl (C=O) groups is 2. The number of rotatable bonds is 4. The van der Waals surface area contributed by atoms with Crippen molar-refractivity contribution in [2.24, 2.45) is 5.41 Å². The molecule has 2 rings (SSSR count). The predicted octanol–water partition coefficient (Wildman–Crippen LogP) is 1.97. The molecule has 0 radical (unpaired) electrons. The van der Waals surface area contributed by atoms with Gasteiger partial charge in [0.05, 0.1) is 5.01 Å². The number of urea groups is 1. The molecule has 2 heterocycles. The fraction of sp³-hybridized carbons (Fsp3) is 0.643. The van der Waals surface area contributed by atoms with Crippen LogP contribution in [0, 0.1) is 5.41 Å². The lowest BCUT2D eigenvalue weighted by Gasteiger charge is -2.43. The maximum atomic E-state index is 12.3. The lowest BCUT2D eigenvalue weighted by Crippen LogP contribution is -2.58. The molecule has 2 amide bonds. The van der Waals surface area contributed by atoms with Crippen LogP contribution in [-0.4, -0.2) is 46.1 Å². The first-order chi connectivity index (χ1) is 9.92. The first-order valence-electron chi connectivity index (χ1n) is 7.07. The molecule has 0 spiro atoms. The third kappa shape index (κ3) is 3.72. The van der Waals surface area contributed by atoms with Gasteiger partial charge in [-0.15, -0.1) is 11.3 Å². The predicted molar refractivity (Wildman–Crippen MR) is 80.4 cm³/mol. The summed E-state index contributed by atoms with van der Waals surface area (Å²) in [4.78, 5) is 29.4. The molecule has 0 bridgehead atoms. The molecule has 2 N–H and O–H groups in total. The topological polar surface area (TPSA) is 82.5 Å². The zero-order valence-corrected chi connectivity index (χ0v) is 13.2. The van der Waals surface area contributed by atoms with Crippen LogP contribution in [0.25, 0.3) is 0 Å². The second-order valence-corrected chi connectivity index (χ2v) is 6.91. The average molecular weight is 311 g/mol. The van der Waals surface area contributed by atoms with Gasteiger partial charge in [-0.05, 0) is 18.3 Å². The van der Waals surface area contributed by atoms with E-state index in [0.29, 0.717) is 19.5 Å². The normalized spacial score (nSPS) is 21.0. The molecule has 6 nitrogen and oxygen atoms in total. The summed E-state index contributed by atoms with van der Waals surface area (Å²) >= 11 is 1.55. The maximum Gasteiger partial charge on any atom is 0.327 e. The Kier molecular flexibility index (Phi) is 4.82. The third-order valence-electron chi connectivity index (χ3n) is 3.87. The highest BCUT2D eigenvalue weighted by molar-refractivity contribution is 7.09. The molecule has 7 heteroatoms. The van der Waals surface area contributed by atoms with E-state index in [1.165, 1.54) is 4.90 Å². The standard InChI is InChI=1S/C14H21N3O3S/c1-14(2)5-3-8-17(11(14)12(18)19)13(20)16-6-4-10-15-7-9-21-10/h7,9,11H,3-6,8H2,1-2H3,(H,16,20)(H,18,19). The fourth-order valence-corrected chi connectivity index (χ4v) is 3.45. The lowest BCUT2D eigenvalue weighted by molar-refractivity contribution is -0.148. The monoisotopic (exact) mass is 311 g/mol. The van der Waals surface area contributed by atoms with Gasteiger partial charge in [0.1, 0.15) is 6.04 Å². The molecule has 1 unspecified atom stereocenters. The minimum atomic E-state index is -0.935. The van der Waals surface area contributed by atoms with Gasteiger partial charge in [0, 0.05) is 31.1 Å². The molecule has 0 saturated carbocycles. The molecule has 1 saturated heterocycles. The molecule has 1 aromatic heterocycles. The van der Waals surface area contributed by atoms with Crippen molar-refractivity contribution in [1.29, 1.82) is 0 Å². The summed E-state index contributed by atoms with van der Waals surface area (Å²) < 4.78 is 0. The maximum absolute atomic E-state index is 12.3. The van der Waals surface area contributed by atoms with Gasteiger partial charge in [-0.3, -0.25) is 0 Å². The van der Waals surface area contributed by atoms with Crippen LogP contribution in [0.15, 0.2) is 11.6 Å². The molecule has 1 aromatic rings. The largest absolute Gasteiger partial charge is 0.480 e. The number of hydrogen-bond donors (Lipinski definition) is 2. The highest BCUT2D eigenvalue weighted by Gasteiger charge is 2.44. The number of aromatic nitrogens is 1.